The van der Waals surface area contributed by atoms with Crippen LogP contribution in [-0.4, -0.2) is 16.4 Å². The molecule has 86 valence electrons. The first kappa shape index (κ1) is 12.2. The Kier molecular flexibility index (Phi) is 4.78. The van der Waals surface area contributed by atoms with Gasteiger partial charge in [0.25, 0.3) is 0 Å². The van der Waals surface area contributed by atoms with E-state index in [-0.39, 0.29) is 0 Å². The van der Waals surface area contributed by atoms with Crippen LogP contribution in [-0.2, 0) is 11.4 Å². The minimum absolute atomic E-state index is 0.412. The summed E-state index contributed by atoms with van der Waals surface area (Å²) >= 11 is 0. The van der Waals surface area contributed by atoms with E-state index in [0.29, 0.717) is 18.5 Å². The number of hydrogen-bond acceptors (Lipinski definition) is 3. The first-order chi connectivity index (χ1) is 7.09. The number of hydrogen-bond donors (Lipinski definition) is 1. The summed E-state index contributed by atoms with van der Waals surface area (Å²) in [5, 5.41) is 4.40. The highest BCUT2D eigenvalue weighted by atomic mass is 16.6. The van der Waals surface area contributed by atoms with Crippen LogP contribution in [0.5, 0.6) is 0 Å². The SMILES string of the molecule is CC(C)CONCc1ccn(C(C)C)n1. The van der Waals surface area contributed by atoms with Crippen molar-refractivity contribution in [1.29, 1.82) is 0 Å². The van der Waals surface area contributed by atoms with Crippen LogP contribution in [0, 0.1) is 5.92 Å². The number of rotatable bonds is 6. The van der Waals surface area contributed by atoms with Crippen LogP contribution in [0.4, 0.5) is 0 Å². The molecule has 0 aliphatic carbocycles. The summed E-state index contributed by atoms with van der Waals surface area (Å²) in [6, 6.07) is 2.42. The highest BCUT2D eigenvalue weighted by molar-refractivity contribution is 4.98. The molecule has 1 aromatic heterocycles. The van der Waals surface area contributed by atoms with Gasteiger partial charge in [-0.1, -0.05) is 13.8 Å². The van der Waals surface area contributed by atoms with E-state index in [9.17, 15) is 0 Å². The third-order valence-electron chi connectivity index (χ3n) is 1.96. The Morgan fingerprint density at radius 2 is 2.13 bits per heavy atom. The molecule has 4 nitrogen and oxygen atoms in total. The van der Waals surface area contributed by atoms with E-state index in [1.54, 1.807) is 0 Å². The van der Waals surface area contributed by atoms with Gasteiger partial charge >= 0.3 is 0 Å². The third-order valence-corrected chi connectivity index (χ3v) is 1.96. The lowest BCUT2D eigenvalue weighted by Crippen LogP contribution is -2.18. The first-order valence-electron chi connectivity index (χ1n) is 5.48. The maximum Gasteiger partial charge on any atom is 0.0786 e. The molecular weight excluding hydrogens is 190 g/mol. The smallest absolute Gasteiger partial charge is 0.0786 e. The van der Waals surface area contributed by atoms with Gasteiger partial charge in [0.05, 0.1) is 18.8 Å². The minimum Gasteiger partial charge on any atom is -0.301 e. The van der Waals surface area contributed by atoms with Crippen molar-refractivity contribution >= 4 is 0 Å². The lowest BCUT2D eigenvalue weighted by molar-refractivity contribution is 0.0189. The molecule has 0 amide bonds. The fourth-order valence-electron chi connectivity index (χ4n) is 1.11. The number of aromatic nitrogens is 2. The molecule has 1 heterocycles. The normalized spacial score (nSPS) is 11.6. The second-order valence-corrected chi connectivity index (χ2v) is 4.41. The molecule has 4 heteroatoms. The molecule has 0 radical (unpaired) electrons. The van der Waals surface area contributed by atoms with Crippen LogP contribution in [0.25, 0.3) is 0 Å². The van der Waals surface area contributed by atoms with Crippen LogP contribution in [0.1, 0.15) is 39.4 Å². The van der Waals surface area contributed by atoms with Gasteiger partial charge in [-0.15, -0.1) is 0 Å². The van der Waals surface area contributed by atoms with Crippen LogP contribution in [0.15, 0.2) is 12.3 Å². The highest BCUT2D eigenvalue weighted by Crippen LogP contribution is 2.03. The third kappa shape index (κ3) is 4.44. The van der Waals surface area contributed by atoms with Crippen molar-refractivity contribution in [1.82, 2.24) is 15.3 Å². The highest BCUT2D eigenvalue weighted by Gasteiger charge is 2.01. The van der Waals surface area contributed by atoms with Gasteiger partial charge < -0.3 is 4.84 Å². The topological polar surface area (TPSA) is 39.1 Å². The summed E-state index contributed by atoms with van der Waals surface area (Å²) < 4.78 is 1.94. The maximum atomic E-state index is 5.27. The van der Waals surface area contributed by atoms with Crippen molar-refractivity contribution in [3.63, 3.8) is 0 Å². The zero-order chi connectivity index (χ0) is 11.3. The molecule has 1 N–H and O–H groups in total. The van der Waals surface area contributed by atoms with Gasteiger partial charge in [-0.05, 0) is 25.8 Å². The van der Waals surface area contributed by atoms with Crippen molar-refractivity contribution in [2.45, 2.75) is 40.3 Å². The molecule has 0 spiro atoms. The molecule has 0 saturated heterocycles. The van der Waals surface area contributed by atoms with Crippen LogP contribution in [0.3, 0.4) is 0 Å². The van der Waals surface area contributed by atoms with Gasteiger partial charge in [0.2, 0.25) is 0 Å². The van der Waals surface area contributed by atoms with E-state index in [0.717, 1.165) is 12.3 Å². The fourth-order valence-corrected chi connectivity index (χ4v) is 1.11. The summed E-state index contributed by atoms with van der Waals surface area (Å²) in [7, 11) is 0. The van der Waals surface area contributed by atoms with Gasteiger partial charge in [0, 0.05) is 12.2 Å². The van der Waals surface area contributed by atoms with Crippen molar-refractivity contribution in [2.75, 3.05) is 6.61 Å². The minimum atomic E-state index is 0.412. The molecule has 0 bridgehead atoms. The summed E-state index contributed by atoms with van der Waals surface area (Å²) in [4.78, 5) is 5.27. The van der Waals surface area contributed by atoms with Crippen LogP contribution in [0.2, 0.25) is 0 Å². The number of nitrogens with zero attached hydrogens (tertiary/aromatic N) is 2. The second kappa shape index (κ2) is 5.88. The number of nitrogens with one attached hydrogen (secondary N) is 1. The van der Waals surface area contributed by atoms with E-state index >= 15 is 0 Å². The Bertz CT molecular complexity index is 281. The Balaban J connectivity index is 2.26. The van der Waals surface area contributed by atoms with Gasteiger partial charge in [-0.3, -0.25) is 4.68 Å². The van der Waals surface area contributed by atoms with Crippen molar-refractivity contribution < 1.29 is 4.84 Å². The predicted molar refractivity (Wildman–Crippen MR) is 60.2 cm³/mol. The lowest BCUT2D eigenvalue weighted by atomic mass is 10.2. The van der Waals surface area contributed by atoms with E-state index in [4.69, 9.17) is 4.84 Å². The van der Waals surface area contributed by atoms with Crippen molar-refractivity contribution in [3.8, 4) is 0 Å². The quantitative estimate of drug-likeness (QED) is 0.579. The van der Waals surface area contributed by atoms with E-state index < -0.39 is 0 Å². The summed E-state index contributed by atoms with van der Waals surface area (Å²) in [6.07, 6.45) is 1.99. The van der Waals surface area contributed by atoms with Crippen molar-refractivity contribution in [3.05, 3.63) is 18.0 Å². The Labute approximate surface area is 91.6 Å². The maximum absolute atomic E-state index is 5.27. The van der Waals surface area contributed by atoms with Gasteiger partial charge in [0.1, 0.15) is 0 Å². The standard InChI is InChI=1S/C11H21N3O/c1-9(2)8-15-12-7-11-5-6-14(13-11)10(3)4/h5-6,9-10,12H,7-8H2,1-4H3. The molecule has 0 atom stereocenters. The van der Waals surface area contributed by atoms with Crippen molar-refractivity contribution in [2.24, 2.45) is 5.92 Å². The zero-order valence-corrected chi connectivity index (χ0v) is 10.0. The fraction of sp³-hybridized carbons (Fsp3) is 0.727. The van der Waals surface area contributed by atoms with E-state index in [1.165, 1.54) is 0 Å². The lowest BCUT2D eigenvalue weighted by Gasteiger charge is -2.07. The molecule has 0 aliphatic rings. The van der Waals surface area contributed by atoms with Gasteiger partial charge in [-0.25, -0.2) is 0 Å². The average Bonchev–Trinajstić information content (AvgIpc) is 2.60. The average molecular weight is 211 g/mol. The van der Waals surface area contributed by atoms with Crippen LogP contribution < -0.4 is 5.48 Å². The Morgan fingerprint density at radius 1 is 1.40 bits per heavy atom. The molecule has 0 aliphatic heterocycles. The Hall–Kier alpha value is -0.870. The van der Waals surface area contributed by atoms with Gasteiger partial charge in [-0.2, -0.15) is 10.6 Å². The molecule has 0 unspecified atom stereocenters. The molecule has 1 rings (SSSR count). The Morgan fingerprint density at radius 3 is 2.67 bits per heavy atom. The zero-order valence-electron chi connectivity index (χ0n) is 10.0. The van der Waals surface area contributed by atoms with E-state index in [2.05, 4.69) is 38.3 Å². The molecule has 0 aromatic carbocycles. The van der Waals surface area contributed by atoms with E-state index in [1.807, 2.05) is 16.9 Å². The second-order valence-electron chi connectivity index (χ2n) is 4.41. The first-order valence-corrected chi connectivity index (χ1v) is 5.48. The summed E-state index contributed by atoms with van der Waals surface area (Å²) in [5.41, 5.74) is 3.92. The molecule has 0 saturated carbocycles. The summed E-state index contributed by atoms with van der Waals surface area (Å²) in [6.45, 7) is 9.85. The molecular formula is C11H21N3O. The van der Waals surface area contributed by atoms with Crippen LogP contribution >= 0.6 is 0 Å². The monoisotopic (exact) mass is 211 g/mol. The number of hydroxylamine groups is 1. The molecule has 1 aromatic rings. The molecule has 15 heavy (non-hydrogen) atoms. The largest absolute Gasteiger partial charge is 0.301 e. The summed E-state index contributed by atoms with van der Waals surface area (Å²) in [5.74, 6) is 0.547. The molecule has 0 fully saturated rings. The predicted octanol–water partition coefficient (Wildman–Crippen LogP) is 2.14. The van der Waals surface area contributed by atoms with Gasteiger partial charge in [0.15, 0.2) is 0 Å².